The molecule has 19 heteroatoms. The average molecular weight is 982 g/mol. The molecule has 19 nitrogen and oxygen atoms in total. The number of unbranched alkanes of at least 4 members (excludes halogenated alkanes) is 20. The Kier molecular flexibility index (Phi) is 31.1. The maximum Gasteiger partial charge on any atom is 0.220 e. The maximum atomic E-state index is 13.2. The lowest BCUT2D eigenvalue weighted by molar-refractivity contribution is -0.379. The van der Waals surface area contributed by atoms with Crippen molar-refractivity contribution in [1.82, 2.24) is 5.32 Å². The number of ether oxygens (including phenoxy) is 6. The molecule has 3 fully saturated rings. The molecule has 0 aromatic heterocycles. The van der Waals surface area contributed by atoms with Gasteiger partial charge < -0.3 is 89.9 Å². The maximum absolute atomic E-state index is 13.2. The van der Waals surface area contributed by atoms with Gasteiger partial charge in [0.2, 0.25) is 5.91 Å². The predicted octanol–water partition coefficient (Wildman–Crippen LogP) is 1.87. The number of nitrogens with one attached hydrogen (secondary N) is 1. The van der Waals surface area contributed by atoms with Crippen LogP contribution >= 0.6 is 0 Å². The number of aliphatic hydroxyl groups excluding tert-OH is 11. The van der Waals surface area contributed by atoms with E-state index in [0.717, 1.165) is 51.4 Å². The van der Waals surface area contributed by atoms with Gasteiger partial charge in [0.25, 0.3) is 0 Å². The number of hydrogen-bond acceptors (Lipinski definition) is 18. The van der Waals surface area contributed by atoms with E-state index in [0.29, 0.717) is 6.42 Å². The van der Waals surface area contributed by atoms with Crippen molar-refractivity contribution in [3.63, 3.8) is 0 Å². The first kappa shape index (κ1) is 60.8. The minimum absolute atomic E-state index is 0.247. The van der Waals surface area contributed by atoms with Gasteiger partial charge >= 0.3 is 0 Å². The molecule has 0 bridgehead atoms. The third-order valence-electron chi connectivity index (χ3n) is 13.3. The SMILES string of the molecule is CCCCCCCC/C=C/C(O)C(COC1OC(CO)C(OC2OC(CO)C(OC3OC(CO)C(O)C(O)C3O)C(O)C2O)C(O)C1O)NC(=O)CCCCCCCCCCCCCCCCC. The molecule has 1 amide bonds. The van der Waals surface area contributed by atoms with Crippen molar-refractivity contribution in [1.29, 1.82) is 0 Å². The minimum atomic E-state index is -1.97. The first-order chi connectivity index (χ1) is 32.8. The number of carbonyl (C=O) groups is 1. The van der Waals surface area contributed by atoms with Crippen molar-refractivity contribution in [2.75, 3.05) is 26.4 Å². The molecule has 3 aliphatic heterocycles. The fourth-order valence-electron chi connectivity index (χ4n) is 8.95. The van der Waals surface area contributed by atoms with Crippen LogP contribution in [0.5, 0.6) is 0 Å². The average Bonchev–Trinajstić information content (AvgIpc) is 3.33. The lowest BCUT2D eigenvalue weighted by Gasteiger charge is -2.48. The molecular weight excluding hydrogens is 891 g/mol. The van der Waals surface area contributed by atoms with Crippen molar-refractivity contribution in [2.24, 2.45) is 0 Å². The van der Waals surface area contributed by atoms with Crippen LogP contribution in [0.25, 0.3) is 0 Å². The van der Waals surface area contributed by atoms with Crippen LogP contribution in [0.2, 0.25) is 0 Å². The zero-order chi connectivity index (χ0) is 49.8. The van der Waals surface area contributed by atoms with Gasteiger partial charge in [-0.2, -0.15) is 0 Å². The largest absolute Gasteiger partial charge is 0.394 e. The molecule has 3 aliphatic rings. The van der Waals surface area contributed by atoms with Crippen molar-refractivity contribution >= 4 is 5.91 Å². The molecule has 0 radical (unpaired) electrons. The van der Waals surface area contributed by atoms with Crippen LogP contribution in [-0.4, -0.2) is 193 Å². The molecule has 68 heavy (non-hydrogen) atoms. The van der Waals surface area contributed by atoms with Crippen LogP contribution in [0.1, 0.15) is 162 Å². The van der Waals surface area contributed by atoms with Gasteiger partial charge in [0.05, 0.1) is 38.6 Å². The van der Waals surface area contributed by atoms with E-state index in [9.17, 15) is 61.0 Å². The molecule has 3 saturated heterocycles. The van der Waals surface area contributed by atoms with Gasteiger partial charge in [-0.1, -0.05) is 148 Å². The minimum Gasteiger partial charge on any atom is -0.394 e. The number of allylic oxidation sites excluding steroid dienone is 1. The molecule has 0 aromatic carbocycles. The van der Waals surface area contributed by atoms with Crippen LogP contribution in [0.4, 0.5) is 0 Å². The van der Waals surface area contributed by atoms with Gasteiger partial charge in [0, 0.05) is 6.42 Å². The van der Waals surface area contributed by atoms with E-state index in [-0.39, 0.29) is 18.9 Å². The van der Waals surface area contributed by atoms with Gasteiger partial charge in [0.1, 0.15) is 73.2 Å². The lowest BCUT2D eigenvalue weighted by atomic mass is 9.96. The summed E-state index contributed by atoms with van der Waals surface area (Å²) in [6.45, 7) is 1.64. The second-order valence-electron chi connectivity index (χ2n) is 19.0. The van der Waals surface area contributed by atoms with E-state index >= 15 is 0 Å². The van der Waals surface area contributed by atoms with Gasteiger partial charge in [-0.3, -0.25) is 4.79 Å². The van der Waals surface area contributed by atoms with Gasteiger partial charge in [-0.15, -0.1) is 0 Å². The predicted molar refractivity (Wildman–Crippen MR) is 250 cm³/mol. The molecule has 3 rings (SSSR count). The number of carbonyl (C=O) groups excluding carboxylic acids is 1. The molecule has 0 spiro atoms. The third kappa shape index (κ3) is 20.6. The Bertz CT molecular complexity index is 1310. The molecule has 400 valence electrons. The van der Waals surface area contributed by atoms with Gasteiger partial charge in [-0.05, 0) is 19.3 Å². The summed E-state index contributed by atoms with van der Waals surface area (Å²) in [6, 6.07) is -0.963. The van der Waals surface area contributed by atoms with Crippen LogP contribution in [-0.2, 0) is 33.2 Å². The van der Waals surface area contributed by atoms with E-state index in [1.54, 1.807) is 6.08 Å². The second-order valence-corrected chi connectivity index (χ2v) is 19.0. The summed E-state index contributed by atoms with van der Waals surface area (Å²) in [7, 11) is 0. The Hall–Kier alpha value is -1.47. The van der Waals surface area contributed by atoms with Crippen LogP contribution in [0.15, 0.2) is 12.2 Å². The highest BCUT2D eigenvalue weighted by Crippen LogP contribution is 2.33. The quantitative estimate of drug-likeness (QED) is 0.0315. The van der Waals surface area contributed by atoms with Crippen molar-refractivity contribution in [3.05, 3.63) is 12.2 Å². The normalized spacial score (nSPS) is 33.2. The van der Waals surface area contributed by atoms with Gasteiger partial charge in [0.15, 0.2) is 18.9 Å². The van der Waals surface area contributed by atoms with E-state index in [4.69, 9.17) is 28.4 Å². The highest BCUT2D eigenvalue weighted by atomic mass is 16.8. The molecule has 17 atom stereocenters. The lowest BCUT2D eigenvalue weighted by Crippen LogP contribution is -2.66. The monoisotopic (exact) mass is 982 g/mol. The first-order valence-electron chi connectivity index (χ1n) is 25.9. The topological polar surface area (TPSA) is 307 Å². The zero-order valence-corrected chi connectivity index (χ0v) is 40.8. The Balaban J connectivity index is 1.54. The standard InChI is InChI=1S/C49H91NO18/c1-3-5-7-9-11-13-14-15-16-17-18-19-21-23-25-27-37(55)50-32(33(54)26-24-22-20-12-10-8-6-4-2)31-63-47-43(61)40(58)45(35(29-52)65-47)68-49-44(62)41(59)46(36(30-53)66-49)67-48-42(60)39(57)38(56)34(28-51)64-48/h24,26,32-36,38-49,51-54,56-62H,3-23,25,27-31H2,1-2H3,(H,50,55)/b26-24+. The van der Waals surface area contributed by atoms with E-state index < -0.39 is 124 Å². The van der Waals surface area contributed by atoms with Crippen LogP contribution in [0, 0.1) is 0 Å². The number of rotatable bonds is 36. The molecule has 12 N–H and O–H groups in total. The number of aliphatic hydroxyl groups is 11. The zero-order valence-electron chi connectivity index (χ0n) is 40.8. The third-order valence-corrected chi connectivity index (χ3v) is 13.3. The highest BCUT2D eigenvalue weighted by Gasteiger charge is 2.53. The summed E-state index contributed by atoms with van der Waals surface area (Å²) in [5.41, 5.74) is 0. The molecule has 0 aliphatic carbocycles. The summed E-state index contributed by atoms with van der Waals surface area (Å²) in [5.74, 6) is -0.279. The van der Waals surface area contributed by atoms with Gasteiger partial charge in [-0.25, -0.2) is 0 Å². The van der Waals surface area contributed by atoms with Crippen molar-refractivity contribution in [2.45, 2.75) is 266 Å². The molecule has 0 aromatic rings. The second kappa shape index (κ2) is 34.8. The summed E-state index contributed by atoms with van der Waals surface area (Å²) >= 11 is 0. The van der Waals surface area contributed by atoms with E-state index in [2.05, 4.69) is 19.2 Å². The van der Waals surface area contributed by atoms with Crippen molar-refractivity contribution < 1.29 is 89.4 Å². The molecular formula is C49H91NO18. The van der Waals surface area contributed by atoms with Crippen LogP contribution in [0.3, 0.4) is 0 Å². The first-order valence-corrected chi connectivity index (χ1v) is 25.9. The summed E-state index contributed by atoms with van der Waals surface area (Å²) in [6.07, 6.45) is 2.38. The highest BCUT2D eigenvalue weighted by molar-refractivity contribution is 5.76. The Morgan fingerprint density at radius 3 is 1.38 bits per heavy atom. The summed E-state index contributed by atoms with van der Waals surface area (Å²) in [5, 5.41) is 119. The number of amides is 1. The Labute approximate surface area is 404 Å². The fourth-order valence-corrected chi connectivity index (χ4v) is 8.95. The Morgan fingerprint density at radius 1 is 0.515 bits per heavy atom. The molecule has 3 heterocycles. The Morgan fingerprint density at radius 2 is 0.912 bits per heavy atom. The van der Waals surface area contributed by atoms with E-state index in [1.807, 2.05) is 6.08 Å². The van der Waals surface area contributed by atoms with Crippen LogP contribution < -0.4 is 5.32 Å². The smallest absolute Gasteiger partial charge is 0.220 e. The van der Waals surface area contributed by atoms with E-state index in [1.165, 1.54) is 83.5 Å². The summed E-state index contributed by atoms with van der Waals surface area (Å²) < 4.78 is 34.0. The van der Waals surface area contributed by atoms with Crippen molar-refractivity contribution in [3.8, 4) is 0 Å². The number of hydrogen-bond donors (Lipinski definition) is 12. The fraction of sp³-hybridized carbons (Fsp3) is 0.939. The summed E-state index contributed by atoms with van der Waals surface area (Å²) in [4.78, 5) is 13.2. The molecule has 17 unspecified atom stereocenters. The molecule has 0 saturated carbocycles.